The summed E-state index contributed by atoms with van der Waals surface area (Å²) in [5.41, 5.74) is 0. The van der Waals surface area contributed by atoms with Gasteiger partial charge in [0.05, 0.1) is 0 Å². The van der Waals surface area contributed by atoms with E-state index in [9.17, 15) is 0 Å². The molecule has 49 valence electrons. The van der Waals surface area contributed by atoms with Crippen LogP contribution in [0.3, 0.4) is 0 Å². The molecule has 0 heterocycles. The SMILES string of the molecule is [SiH2]CCOCCCS. The maximum atomic E-state index is 5.18. The van der Waals surface area contributed by atoms with Crippen LogP contribution in [-0.2, 0) is 4.74 Å². The Morgan fingerprint density at radius 3 is 2.62 bits per heavy atom. The first kappa shape index (κ1) is 8.53. The van der Waals surface area contributed by atoms with Gasteiger partial charge in [0.1, 0.15) is 0 Å². The van der Waals surface area contributed by atoms with E-state index < -0.39 is 0 Å². The van der Waals surface area contributed by atoms with E-state index in [0.29, 0.717) is 0 Å². The normalized spacial score (nSPS) is 9.75. The molecule has 0 aromatic rings. The van der Waals surface area contributed by atoms with Gasteiger partial charge in [-0.3, -0.25) is 0 Å². The summed E-state index contributed by atoms with van der Waals surface area (Å²) in [7, 11) is 1.94. The van der Waals surface area contributed by atoms with Crippen LogP contribution in [0.2, 0.25) is 6.04 Å². The molecule has 3 heteroatoms. The largest absolute Gasteiger partial charge is 0.382 e. The Hall–Kier alpha value is 0.527. The van der Waals surface area contributed by atoms with Gasteiger partial charge in [-0.25, -0.2) is 0 Å². The number of hydrogen-bond donors (Lipinski definition) is 1. The second kappa shape index (κ2) is 7.53. The average molecular weight is 149 g/mol. The van der Waals surface area contributed by atoms with Gasteiger partial charge in [0.15, 0.2) is 0 Å². The van der Waals surface area contributed by atoms with Crippen LogP contribution < -0.4 is 0 Å². The molecule has 0 aliphatic heterocycles. The second-order valence-electron chi connectivity index (χ2n) is 1.54. The second-order valence-corrected chi connectivity index (χ2v) is 2.70. The van der Waals surface area contributed by atoms with Gasteiger partial charge >= 0.3 is 0 Å². The van der Waals surface area contributed by atoms with Gasteiger partial charge in [-0.15, -0.1) is 0 Å². The van der Waals surface area contributed by atoms with E-state index in [2.05, 4.69) is 12.6 Å². The van der Waals surface area contributed by atoms with Gasteiger partial charge in [-0.2, -0.15) is 12.6 Å². The molecule has 1 radical (unpaired) electrons. The van der Waals surface area contributed by atoms with Crippen molar-refractivity contribution < 1.29 is 4.74 Å². The Morgan fingerprint density at radius 1 is 1.38 bits per heavy atom. The minimum absolute atomic E-state index is 0.877. The summed E-state index contributed by atoms with van der Waals surface area (Å²) in [6, 6.07) is 1.15. The van der Waals surface area contributed by atoms with Crippen LogP contribution in [0.5, 0.6) is 0 Å². The first-order chi connectivity index (χ1) is 3.91. The van der Waals surface area contributed by atoms with Crippen LogP contribution >= 0.6 is 12.6 Å². The third-order valence-corrected chi connectivity index (χ3v) is 1.34. The monoisotopic (exact) mass is 149 g/mol. The maximum Gasteiger partial charge on any atom is 0.0473 e. The lowest BCUT2D eigenvalue weighted by Gasteiger charge is -1.97. The highest BCUT2D eigenvalue weighted by Crippen LogP contribution is 1.85. The highest BCUT2D eigenvalue weighted by Gasteiger charge is 1.82. The fourth-order valence-electron chi connectivity index (χ4n) is 0.371. The fourth-order valence-corrected chi connectivity index (χ4v) is 0.704. The predicted molar refractivity (Wildman–Crippen MR) is 42.6 cm³/mol. The smallest absolute Gasteiger partial charge is 0.0473 e. The summed E-state index contributed by atoms with van der Waals surface area (Å²) in [4.78, 5) is 0. The molecule has 0 fully saturated rings. The van der Waals surface area contributed by atoms with Crippen molar-refractivity contribution in [3.8, 4) is 0 Å². The van der Waals surface area contributed by atoms with Crippen LogP contribution in [0.25, 0.3) is 0 Å². The molecule has 0 aliphatic carbocycles. The van der Waals surface area contributed by atoms with Crippen molar-refractivity contribution in [3.63, 3.8) is 0 Å². The van der Waals surface area contributed by atoms with E-state index in [1.54, 1.807) is 0 Å². The van der Waals surface area contributed by atoms with Gasteiger partial charge in [0.25, 0.3) is 0 Å². The summed E-state index contributed by atoms with van der Waals surface area (Å²) < 4.78 is 5.18. The van der Waals surface area contributed by atoms with Gasteiger partial charge in [-0.1, -0.05) is 0 Å². The molecule has 8 heavy (non-hydrogen) atoms. The molecule has 0 amide bonds. The maximum absolute atomic E-state index is 5.18. The Balaban J connectivity index is 2.53. The summed E-state index contributed by atoms with van der Waals surface area (Å²) in [5.74, 6) is 0.937. The molecule has 0 saturated carbocycles. The molecular weight excluding hydrogens is 136 g/mol. The lowest BCUT2D eigenvalue weighted by atomic mass is 10.5. The molecule has 0 aromatic heterocycles. The van der Waals surface area contributed by atoms with Crippen molar-refractivity contribution in [1.29, 1.82) is 0 Å². The average Bonchev–Trinajstić information content (AvgIpc) is 1.81. The van der Waals surface area contributed by atoms with Gasteiger partial charge in [0.2, 0.25) is 0 Å². The van der Waals surface area contributed by atoms with Crippen molar-refractivity contribution in [3.05, 3.63) is 0 Å². The van der Waals surface area contributed by atoms with Gasteiger partial charge in [-0.05, 0) is 18.2 Å². The molecule has 1 nitrogen and oxygen atoms in total. The Kier molecular flexibility index (Phi) is 8.02. The minimum Gasteiger partial charge on any atom is -0.382 e. The van der Waals surface area contributed by atoms with Crippen LogP contribution in [0.1, 0.15) is 6.42 Å². The molecule has 0 rings (SSSR count). The zero-order valence-electron chi connectivity index (χ0n) is 5.10. The first-order valence-corrected chi connectivity index (χ1v) is 4.53. The first-order valence-electron chi connectivity index (χ1n) is 2.89. The molecule has 0 spiro atoms. The van der Waals surface area contributed by atoms with Gasteiger partial charge < -0.3 is 4.74 Å². The highest BCUT2D eigenvalue weighted by molar-refractivity contribution is 7.80. The van der Waals surface area contributed by atoms with Crippen molar-refractivity contribution in [2.45, 2.75) is 12.5 Å². The van der Waals surface area contributed by atoms with Crippen molar-refractivity contribution in [2.24, 2.45) is 0 Å². The number of thiol groups is 1. The lowest BCUT2D eigenvalue weighted by Crippen LogP contribution is -1.95. The fraction of sp³-hybridized carbons (Fsp3) is 1.00. The molecule has 0 atom stereocenters. The standard InChI is InChI=1S/C5H13OSSi/c7-4-1-2-6-3-5-8/h7H,1-5,8H2. The van der Waals surface area contributed by atoms with E-state index in [0.717, 1.165) is 31.4 Å². The Labute approximate surface area is 59.6 Å². The molecule has 0 unspecified atom stereocenters. The molecule has 0 N–H and O–H groups in total. The van der Waals surface area contributed by atoms with Gasteiger partial charge in [0, 0.05) is 23.5 Å². The number of ether oxygens (including phenoxy) is 1. The summed E-state index contributed by atoms with van der Waals surface area (Å²) in [5, 5.41) is 0. The van der Waals surface area contributed by atoms with Crippen LogP contribution in [-0.4, -0.2) is 29.2 Å². The highest BCUT2D eigenvalue weighted by atomic mass is 32.1. The lowest BCUT2D eigenvalue weighted by molar-refractivity contribution is 0.149. The summed E-state index contributed by atoms with van der Waals surface area (Å²) in [6.07, 6.45) is 1.08. The molecule has 0 bridgehead atoms. The van der Waals surface area contributed by atoms with Crippen LogP contribution in [0, 0.1) is 0 Å². The summed E-state index contributed by atoms with van der Waals surface area (Å²) in [6.45, 7) is 1.79. The van der Waals surface area contributed by atoms with E-state index >= 15 is 0 Å². The molecule has 0 saturated heterocycles. The van der Waals surface area contributed by atoms with E-state index in [4.69, 9.17) is 4.74 Å². The quantitative estimate of drug-likeness (QED) is 0.338. The Bertz CT molecular complexity index is 37.4. The molecular formula is C5H13OSSi. The zero-order chi connectivity index (χ0) is 6.24. The number of hydrogen-bond acceptors (Lipinski definition) is 2. The third-order valence-electron chi connectivity index (χ3n) is 0.735. The van der Waals surface area contributed by atoms with Crippen LogP contribution in [0.4, 0.5) is 0 Å². The number of rotatable bonds is 5. The van der Waals surface area contributed by atoms with Crippen molar-refractivity contribution in [1.82, 2.24) is 0 Å². The van der Waals surface area contributed by atoms with Crippen LogP contribution in [0.15, 0.2) is 0 Å². The summed E-state index contributed by atoms with van der Waals surface area (Å²) >= 11 is 4.04. The molecule has 0 aromatic carbocycles. The van der Waals surface area contributed by atoms with E-state index in [-0.39, 0.29) is 0 Å². The Morgan fingerprint density at radius 2 is 2.12 bits per heavy atom. The minimum atomic E-state index is 0.877. The van der Waals surface area contributed by atoms with E-state index in [1.165, 1.54) is 0 Å². The van der Waals surface area contributed by atoms with Crippen molar-refractivity contribution >= 4 is 22.9 Å². The predicted octanol–water partition coefficient (Wildman–Crippen LogP) is 0.374. The van der Waals surface area contributed by atoms with E-state index in [1.807, 2.05) is 10.2 Å². The third kappa shape index (κ3) is 6.53. The topological polar surface area (TPSA) is 9.23 Å². The molecule has 0 aliphatic rings. The zero-order valence-corrected chi connectivity index (χ0v) is 7.41. The van der Waals surface area contributed by atoms with Crippen molar-refractivity contribution in [2.75, 3.05) is 19.0 Å².